The smallest absolute Gasteiger partial charge is 0.121 e. The lowest BCUT2D eigenvalue weighted by molar-refractivity contribution is 0.182. The lowest BCUT2D eigenvalue weighted by Crippen LogP contribution is -2.37. The van der Waals surface area contributed by atoms with Crippen molar-refractivity contribution in [2.75, 3.05) is 33.8 Å². The molecular weight excluding hydrogens is 312 g/mol. The fourth-order valence-corrected chi connectivity index (χ4v) is 4.33. The van der Waals surface area contributed by atoms with E-state index in [1.54, 1.807) is 7.11 Å². The number of piperidine rings is 1. The number of hydrogen-bond acceptors (Lipinski definition) is 4. The van der Waals surface area contributed by atoms with E-state index < -0.39 is 0 Å². The van der Waals surface area contributed by atoms with Gasteiger partial charge in [-0.1, -0.05) is 6.07 Å². The minimum Gasteiger partial charge on any atom is -0.497 e. The summed E-state index contributed by atoms with van der Waals surface area (Å²) in [5.41, 5.74) is 2.27. The van der Waals surface area contributed by atoms with Crippen LogP contribution in [0.2, 0.25) is 0 Å². The Kier molecular flexibility index (Phi) is 4.77. The van der Waals surface area contributed by atoms with E-state index in [9.17, 15) is 0 Å². The summed E-state index contributed by atoms with van der Waals surface area (Å²) in [6.07, 6.45) is 8.40. The summed E-state index contributed by atoms with van der Waals surface area (Å²) in [7, 11) is 3.89. The minimum absolute atomic E-state index is 0.853. The molecule has 1 aliphatic heterocycles. The molecule has 2 fully saturated rings. The predicted octanol–water partition coefficient (Wildman–Crippen LogP) is 2.80. The summed E-state index contributed by atoms with van der Waals surface area (Å²) >= 11 is 0. The molecule has 0 radical (unpaired) electrons. The van der Waals surface area contributed by atoms with E-state index in [1.807, 2.05) is 35.1 Å². The SMILES string of the molecule is COc1cccc(-n2cc(CN(C)CCN3C[C@H]4CC[C@@H]3C4)cn2)c1. The van der Waals surface area contributed by atoms with Crippen molar-refractivity contribution in [3.8, 4) is 11.4 Å². The van der Waals surface area contributed by atoms with Gasteiger partial charge in [-0.15, -0.1) is 0 Å². The Morgan fingerprint density at radius 1 is 1.32 bits per heavy atom. The van der Waals surface area contributed by atoms with Crippen LogP contribution in [0.1, 0.15) is 24.8 Å². The Bertz CT molecular complexity index is 713. The second-order valence-corrected chi connectivity index (χ2v) is 7.56. The van der Waals surface area contributed by atoms with Crippen molar-refractivity contribution in [3.05, 3.63) is 42.2 Å². The second kappa shape index (κ2) is 7.18. The summed E-state index contributed by atoms with van der Waals surface area (Å²) in [4.78, 5) is 5.10. The van der Waals surface area contributed by atoms with Crippen LogP contribution in [0.15, 0.2) is 36.7 Å². The predicted molar refractivity (Wildman–Crippen MR) is 99.2 cm³/mol. The summed E-state index contributed by atoms with van der Waals surface area (Å²) < 4.78 is 7.22. The Balaban J connectivity index is 1.31. The first-order valence-corrected chi connectivity index (χ1v) is 9.32. The fraction of sp³-hybridized carbons (Fsp3) is 0.550. The molecule has 2 atom stereocenters. The molecule has 2 aliphatic rings. The molecule has 2 heterocycles. The molecule has 1 aromatic carbocycles. The average Bonchev–Trinajstić information content (AvgIpc) is 3.37. The van der Waals surface area contributed by atoms with Gasteiger partial charge in [0.1, 0.15) is 5.75 Å². The molecule has 4 rings (SSSR count). The highest BCUT2D eigenvalue weighted by molar-refractivity contribution is 5.38. The summed E-state index contributed by atoms with van der Waals surface area (Å²) in [6.45, 7) is 4.58. The molecule has 5 nitrogen and oxygen atoms in total. The van der Waals surface area contributed by atoms with Gasteiger partial charge in [-0.25, -0.2) is 4.68 Å². The third-order valence-electron chi connectivity index (χ3n) is 5.70. The normalized spacial score (nSPS) is 22.8. The molecule has 1 aliphatic carbocycles. The van der Waals surface area contributed by atoms with Crippen LogP contribution in [0, 0.1) is 5.92 Å². The summed E-state index contributed by atoms with van der Waals surface area (Å²) in [6, 6.07) is 8.86. The van der Waals surface area contributed by atoms with E-state index in [0.29, 0.717) is 0 Å². The summed E-state index contributed by atoms with van der Waals surface area (Å²) in [5, 5.41) is 4.51. The molecule has 1 saturated carbocycles. The van der Waals surface area contributed by atoms with E-state index >= 15 is 0 Å². The van der Waals surface area contributed by atoms with Crippen LogP contribution in [0.25, 0.3) is 5.69 Å². The average molecular weight is 340 g/mol. The number of benzene rings is 1. The standard InChI is InChI=1S/C20H28N4O/c1-22(8-9-23-14-16-6-7-18(23)10-16)13-17-12-21-24(15-17)19-4-3-5-20(11-19)25-2/h3-5,11-12,15-16,18H,6-10,13-14H2,1-2H3/t16-,18+/m0/s1. The first kappa shape index (κ1) is 16.6. The number of likely N-dealkylation sites (tertiary alicyclic amines) is 1. The van der Waals surface area contributed by atoms with Crippen molar-refractivity contribution in [3.63, 3.8) is 0 Å². The van der Waals surface area contributed by atoms with Crippen LogP contribution in [0.5, 0.6) is 5.75 Å². The van der Waals surface area contributed by atoms with Gasteiger partial charge in [0.15, 0.2) is 0 Å². The molecule has 1 aromatic heterocycles. The zero-order valence-corrected chi connectivity index (χ0v) is 15.3. The van der Waals surface area contributed by atoms with Gasteiger partial charge < -0.3 is 9.64 Å². The number of hydrogen-bond donors (Lipinski definition) is 0. The fourth-order valence-electron chi connectivity index (χ4n) is 4.33. The molecule has 0 amide bonds. The van der Waals surface area contributed by atoms with Crippen molar-refractivity contribution in [2.24, 2.45) is 5.92 Å². The highest BCUT2D eigenvalue weighted by atomic mass is 16.5. The van der Waals surface area contributed by atoms with Crippen molar-refractivity contribution in [1.29, 1.82) is 0 Å². The quantitative estimate of drug-likeness (QED) is 0.776. The van der Waals surface area contributed by atoms with Gasteiger partial charge in [0.2, 0.25) is 0 Å². The molecule has 2 aromatic rings. The Morgan fingerprint density at radius 2 is 2.24 bits per heavy atom. The third-order valence-corrected chi connectivity index (χ3v) is 5.70. The number of methoxy groups -OCH3 is 1. The van der Waals surface area contributed by atoms with E-state index in [1.165, 1.54) is 37.9 Å². The van der Waals surface area contributed by atoms with Gasteiger partial charge in [-0.05, 0) is 44.4 Å². The summed E-state index contributed by atoms with van der Waals surface area (Å²) in [5.74, 6) is 1.84. The van der Waals surface area contributed by atoms with Crippen molar-refractivity contribution in [2.45, 2.75) is 31.8 Å². The molecule has 2 bridgehead atoms. The molecule has 0 unspecified atom stereocenters. The lowest BCUT2D eigenvalue weighted by Gasteiger charge is -2.28. The maximum absolute atomic E-state index is 5.30. The molecule has 25 heavy (non-hydrogen) atoms. The number of ether oxygens (including phenoxy) is 1. The topological polar surface area (TPSA) is 33.5 Å². The number of rotatable bonds is 7. The first-order valence-electron chi connectivity index (χ1n) is 9.32. The van der Waals surface area contributed by atoms with Gasteiger partial charge in [0.25, 0.3) is 0 Å². The Hall–Kier alpha value is -1.85. The van der Waals surface area contributed by atoms with Crippen LogP contribution >= 0.6 is 0 Å². The number of likely N-dealkylation sites (N-methyl/N-ethyl adjacent to an activating group) is 1. The van der Waals surface area contributed by atoms with Gasteiger partial charge in [-0.3, -0.25) is 4.90 Å². The van der Waals surface area contributed by atoms with Crippen molar-refractivity contribution in [1.82, 2.24) is 19.6 Å². The number of aromatic nitrogens is 2. The molecule has 134 valence electrons. The zero-order chi connectivity index (χ0) is 17.2. The van der Waals surface area contributed by atoms with E-state index in [0.717, 1.165) is 36.5 Å². The van der Waals surface area contributed by atoms with E-state index in [2.05, 4.69) is 28.1 Å². The highest BCUT2D eigenvalue weighted by Gasteiger charge is 2.37. The zero-order valence-electron chi connectivity index (χ0n) is 15.3. The van der Waals surface area contributed by atoms with E-state index in [4.69, 9.17) is 4.74 Å². The largest absolute Gasteiger partial charge is 0.497 e. The maximum Gasteiger partial charge on any atom is 0.121 e. The monoisotopic (exact) mass is 340 g/mol. The maximum atomic E-state index is 5.30. The van der Waals surface area contributed by atoms with Crippen LogP contribution in [-0.4, -0.2) is 59.4 Å². The van der Waals surface area contributed by atoms with Crippen molar-refractivity contribution < 1.29 is 4.74 Å². The van der Waals surface area contributed by atoms with Crippen LogP contribution in [-0.2, 0) is 6.54 Å². The Morgan fingerprint density at radius 3 is 3.00 bits per heavy atom. The van der Waals surface area contributed by atoms with Crippen LogP contribution < -0.4 is 4.74 Å². The number of nitrogens with zero attached hydrogens (tertiary/aromatic N) is 4. The highest BCUT2D eigenvalue weighted by Crippen LogP contribution is 2.36. The molecular formula is C20H28N4O. The van der Waals surface area contributed by atoms with Crippen molar-refractivity contribution >= 4 is 0 Å². The molecule has 0 spiro atoms. The minimum atomic E-state index is 0.853. The van der Waals surface area contributed by atoms with Gasteiger partial charge in [-0.2, -0.15) is 5.10 Å². The molecule has 5 heteroatoms. The second-order valence-electron chi connectivity index (χ2n) is 7.56. The van der Waals surface area contributed by atoms with E-state index in [-0.39, 0.29) is 0 Å². The van der Waals surface area contributed by atoms with Crippen LogP contribution in [0.3, 0.4) is 0 Å². The van der Waals surface area contributed by atoms with Crippen LogP contribution in [0.4, 0.5) is 0 Å². The van der Waals surface area contributed by atoms with Gasteiger partial charge in [0, 0.05) is 50.0 Å². The molecule has 0 N–H and O–H groups in total. The van der Waals surface area contributed by atoms with Gasteiger partial charge >= 0.3 is 0 Å². The Labute approximate surface area is 150 Å². The first-order chi connectivity index (χ1) is 12.2. The third kappa shape index (κ3) is 3.72. The number of fused-ring (bicyclic) bond motifs is 2. The lowest BCUT2D eigenvalue weighted by atomic mass is 10.1. The van der Waals surface area contributed by atoms with Gasteiger partial charge in [0.05, 0.1) is 19.0 Å². The molecule has 1 saturated heterocycles.